The first-order valence-corrected chi connectivity index (χ1v) is 36.3. The van der Waals surface area contributed by atoms with E-state index in [0.717, 1.165) is 130 Å². The van der Waals surface area contributed by atoms with Crippen molar-refractivity contribution in [3.05, 3.63) is 361 Å². The molecule has 0 spiro atoms. The van der Waals surface area contributed by atoms with Crippen molar-refractivity contribution in [3.63, 3.8) is 0 Å². The van der Waals surface area contributed by atoms with Crippen LogP contribution in [-0.4, -0.2) is 57.3 Å². The Morgan fingerprint density at radius 2 is 0.450 bits per heavy atom. The largest absolute Gasteiger partial charge is 0.416 e. The van der Waals surface area contributed by atoms with Crippen LogP contribution in [0, 0.1) is 32.4 Å². The summed E-state index contributed by atoms with van der Waals surface area (Å²) in [5.41, 5.74) is 21.2. The molecule has 20 rings (SSSR count). The number of aromatic nitrogens is 12. The molecular weight excluding hydrogens is 1390 g/mol. The molecule has 0 N–H and O–H groups in total. The van der Waals surface area contributed by atoms with Gasteiger partial charge in [0.1, 0.15) is 46.6 Å². The third-order valence-corrected chi connectivity index (χ3v) is 20.1. The van der Waals surface area contributed by atoms with Gasteiger partial charge in [-0.2, -0.15) is 13.2 Å². The molecule has 0 saturated carbocycles. The SMILES string of the molecule is Cc1ccc2c(c1)nc(-c1cc(-c3nc4cc(C(F)(F)F)ccc4n3-c3ccccc3)cc(-c3nc4ccc(C)cc4n3-c3ccccc3)c1)n2-c1ccccc1.Cc1ccc2nc(-c3cc(-c4nc5ccc(F)cc5n4-c4ccccc4)cc(-c4nc5ccc(F)cc5n4-c4ccccc4)c3)n(-c3ccccc3)c2c1. The standard InChI is InChI=1S/C48H33F3N6.C46H30F2N6/c1-30-19-22-42-40(24-30)53-46(55(42)36-12-6-3-7-13-36)33-26-32(45-52-39-21-18-31(2)25-44(39)57(45)38-16-10-5-11-17-38)27-34(28-33)47-54-41-29-35(48(49,50)51)20-23-43(41)56(47)37-14-8-4-9-15-37;1-29-17-20-38-41(23-29)52(35-11-5-2-6-12-35)44(49-38)30-24-31(45-50-39-21-18-33(47)27-42(39)53(45)36-13-7-3-8-14-36)26-32(25-30)46-51-40-22-19-34(48)28-43(40)54(46)37-15-9-4-10-16-37/h3-29H,1-2H3;2-28H,1H3. The first-order valence-electron chi connectivity index (χ1n) is 36.3. The molecule has 14 aromatic carbocycles. The van der Waals surface area contributed by atoms with Crippen molar-refractivity contribution in [1.82, 2.24) is 57.3 Å². The monoisotopic (exact) mass is 1450 g/mol. The molecule has 20 aromatic rings. The molecule has 0 bridgehead atoms. The summed E-state index contributed by atoms with van der Waals surface area (Å²) in [4.78, 5) is 31.0. The van der Waals surface area contributed by atoms with Gasteiger partial charge in [0.15, 0.2) is 0 Å². The number of aryl methyl sites for hydroxylation is 3. The highest BCUT2D eigenvalue weighted by Gasteiger charge is 2.32. The molecule has 0 unspecified atom stereocenters. The highest BCUT2D eigenvalue weighted by Crippen LogP contribution is 2.43. The zero-order valence-corrected chi connectivity index (χ0v) is 59.9. The van der Waals surface area contributed by atoms with Gasteiger partial charge in [-0.1, -0.05) is 127 Å². The Bertz CT molecular complexity index is 6620. The Morgan fingerprint density at radius 3 is 0.748 bits per heavy atom. The van der Waals surface area contributed by atoms with E-state index in [2.05, 4.69) is 131 Å². The smallest absolute Gasteiger partial charge is 0.292 e. The number of imidazole rings is 6. The van der Waals surface area contributed by atoms with Crippen molar-refractivity contribution < 1.29 is 22.0 Å². The van der Waals surface area contributed by atoms with Gasteiger partial charge in [0, 0.05) is 79.6 Å². The van der Waals surface area contributed by atoms with Crippen molar-refractivity contribution in [2.45, 2.75) is 26.9 Å². The molecular formula is C94H63F5N12. The fourth-order valence-electron chi connectivity index (χ4n) is 15.1. The summed E-state index contributed by atoms with van der Waals surface area (Å²) in [5, 5.41) is 0. The van der Waals surface area contributed by atoms with Crippen molar-refractivity contribution in [2.75, 3.05) is 0 Å². The lowest BCUT2D eigenvalue weighted by molar-refractivity contribution is -0.137. The Labute approximate surface area is 632 Å². The highest BCUT2D eigenvalue weighted by molar-refractivity contribution is 5.94. The molecule has 111 heavy (non-hydrogen) atoms. The number of rotatable bonds is 12. The van der Waals surface area contributed by atoms with Crippen LogP contribution in [0.4, 0.5) is 22.0 Å². The molecule has 0 amide bonds. The summed E-state index contributed by atoms with van der Waals surface area (Å²) in [6.07, 6.45) is -4.53. The van der Waals surface area contributed by atoms with E-state index in [1.54, 1.807) is 12.1 Å². The number of hydrogen-bond donors (Lipinski definition) is 0. The van der Waals surface area contributed by atoms with Crippen LogP contribution in [0.25, 0.3) is 169 Å². The Kier molecular flexibility index (Phi) is 16.4. The van der Waals surface area contributed by atoms with Crippen molar-refractivity contribution in [1.29, 1.82) is 0 Å². The molecule has 12 nitrogen and oxygen atoms in total. The van der Waals surface area contributed by atoms with Crippen molar-refractivity contribution in [2.24, 2.45) is 0 Å². The highest BCUT2D eigenvalue weighted by atomic mass is 19.4. The number of nitrogens with zero attached hydrogens (tertiary/aromatic N) is 12. The van der Waals surface area contributed by atoms with Gasteiger partial charge >= 0.3 is 6.18 Å². The van der Waals surface area contributed by atoms with Gasteiger partial charge in [-0.05, 0) is 226 Å². The summed E-state index contributed by atoms with van der Waals surface area (Å²) in [7, 11) is 0. The van der Waals surface area contributed by atoms with Gasteiger partial charge in [-0.3, -0.25) is 27.4 Å². The third kappa shape index (κ3) is 12.2. The predicted octanol–water partition coefficient (Wildman–Crippen LogP) is 23.6. The van der Waals surface area contributed by atoms with Crippen LogP contribution in [0.3, 0.4) is 0 Å². The minimum atomic E-state index is -4.53. The summed E-state index contributed by atoms with van der Waals surface area (Å²) in [6.45, 7) is 6.19. The van der Waals surface area contributed by atoms with E-state index >= 15 is 0 Å². The second-order valence-corrected chi connectivity index (χ2v) is 27.7. The number of halogens is 5. The fourth-order valence-corrected chi connectivity index (χ4v) is 15.1. The lowest BCUT2D eigenvalue weighted by Crippen LogP contribution is -2.04. The topological polar surface area (TPSA) is 107 Å². The van der Waals surface area contributed by atoms with E-state index in [9.17, 15) is 22.0 Å². The van der Waals surface area contributed by atoms with Crippen LogP contribution in [-0.2, 0) is 6.18 Å². The second-order valence-electron chi connectivity index (χ2n) is 27.7. The van der Waals surface area contributed by atoms with Gasteiger partial charge in [-0.15, -0.1) is 0 Å². The maximum Gasteiger partial charge on any atom is 0.416 e. The van der Waals surface area contributed by atoms with Gasteiger partial charge < -0.3 is 0 Å². The van der Waals surface area contributed by atoms with Gasteiger partial charge in [0.05, 0.1) is 71.8 Å². The average molecular weight is 1460 g/mol. The molecule has 0 aliphatic heterocycles. The average Bonchev–Trinajstić information content (AvgIpc) is 1.60. The summed E-state index contributed by atoms with van der Waals surface area (Å²) in [5.74, 6) is 3.15. The predicted molar refractivity (Wildman–Crippen MR) is 432 cm³/mol. The third-order valence-electron chi connectivity index (χ3n) is 20.1. The zero-order valence-electron chi connectivity index (χ0n) is 59.9. The molecule has 0 aliphatic carbocycles. The quantitative estimate of drug-likeness (QED) is 0.113. The molecule has 17 heteroatoms. The number of fused-ring (bicyclic) bond motifs is 6. The molecule has 6 heterocycles. The molecule has 0 radical (unpaired) electrons. The number of para-hydroxylation sites is 6. The van der Waals surface area contributed by atoms with Crippen LogP contribution in [0.2, 0.25) is 0 Å². The fraction of sp³-hybridized carbons (Fsp3) is 0.0426. The molecule has 534 valence electrons. The van der Waals surface area contributed by atoms with E-state index in [1.807, 2.05) is 190 Å². The van der Waals surface area contributed by atoms with E-state index < -0.39 is 11.7 Å². The molecule has 0 atom stereocenters. The van der Waals surface area contributed by atoms with E-state index in [1.165, 1.54) is 30.3 Å². The summed E-state index contributed by atoms with van der Waals surface area (Å²) >= 11 is 0. The van der Waals surface area contributed by atoms with Crippen LogP contribution in [0.5, 0.6) is 0 Å². The van der Waals surface area contributed by atoms with E-state index in [-0.39, 0.29) is 17.2 Å². The minimum Gasteiger partial charge on any atom is -0.292 e. The van der Waals surface area contributed by atoms with Crippen molar-refractivity contribution >= 4 is 66.2 Å². The number of alkyl halides is 3. The molecule has 6 aromatic heterocycles. The molecule has 0 fully saturated rings. The van der Waals surface area contributed by atoms with Crippen LogP contribution >= 0.6 is 0 Å². The van der Waals surface area contributed by atoms with E-state index in [4.69, 9.17) is 29.9 Å². The summed E-state index contributed by atoms with van der Waals surface area (Å²) < 4.78 is 84.4. The lowest BCUT2D eigenvalue weighted by atomic mass is 10.0. The Hall–Kier alpha value is -14.5. The second kappa shape index (κ2) is 27.1. The first-order chi connectivity index (χ1) is 54.2. The number of benzene rings is 14. The molecule has 0 saturated heterocycles. The maximum absolute atomic E-state index is 14.9. The van der Waals surface area contributed by atoms with Crippen molar-refractivity contribution in [3.8, 4) is 102 Å². The zero-order chi connectivity index (χ0) is 75.2. The van der Waals surface area contributed by atoms with Crippen LogP contribution in [0.15, 0.2) is 328 Å². The summed E-state index contributed by atoms with van der Waals surface area (Å²) in [6, 6.07) is 104. The maximum atomic E-state index is 14.9. The van der Waals surface area contributed by atoms with Crippen LogP contribution in [0.1, 0.15) is 22.3 Å². The van der Waals surface area contributed by atoms with Gasteiger partial charge in [0.2, 0.25) is 0 Å². The van der Waals surface area contributed by atoms with Gasteiger partial charge in [0.25, 0.3) is 0 Å². The molecule has 0 aliphatic rings. The Morgan fingerprint density at radius 1 is 0.216 bits per heavy atom. The van der Waals surface area contributed by atoms with E-state index in [0.29, 0.717) is 62.3 Å². The normalized spacial score (nSPS) is 11.8. The number of hydrogen-bond acceptors (Lipinski definition) is 6. The Balaban J connectivity index is 0.000000150. The minimum absolute atomic E-state index is 0.231. The van der Waals surface area contributed by atoms with Crippen LogP contribution < -0.4 is 0 Å². The van der Waals surface area contributed by atoms with Gasteiger partial charge in [-0.25, -0.2) is 38.7 Å². The first kappa shape index (κ1) is 67.2. The lowest BCUT2D eigenvalue weighted by Gasteiger charge is -2.15.